The Kier molecular flexibility index (Phi) is 3.96. The van der Waals surface area contributed by atoms with E-state index in [1.54, 1.807) is 4.90 Å². The van der Waals surface area contributed by atoms with Crippen LogP contribution in [0.1, 0.15) is 12.8 Å². The maximum Gasteiger partial charge on any atom is 0.317 e. The second-order valence-corrected chi connectivity index (χ2v) is 4.50. The van der Waals surface area contributed by atoms with Gasteiger partial charge in [-0.05, 0) is 12.8 Å². The Morgan fingerprint density at radius 1 is 1.24 bits per heavy atom. The number of carbonyl (C=O) groups is 2. The molecule has 1 amide bonds. The summed E-state index contributed by atoms with van der Waals surface area (Å²) in [7, 11) is 0. The van der Waals surface area contributed by atoms with Crippen LogP contribution in [0.5, 0.6) is 0 Å². The highest BCUT2D eigenvalue weighted by Gasteiger charge is 2.30. The summed E-state index contributed by atoms with van der Waals surface area (Å²) in [5.74, 6) is -0.749. The Hall–Kier alpha value is -1.14. The SMILES string of the molecule is O=C(O)CN1CCN(C(=O)C2CCCO2)CC1. The van der Waals surface area contributed by atoms with E-state index in [0.29, 0.717) is 32.8 Å². The Bertz CT molecular complexity index is 294. The van der Waals surface area contributed by atoms with Gasteiger partial charge >= 0.3 is 5.97 Å². The van der Waals surface area contributed by atoms with Gasteiger partial charge in [0.2, 0.25) is 0 Å². The van der Waals surface area contributed by atoms with Crippen LogP contribution in [-0.4, -0.2) is 72.2 Å². The van der Waals surface area contributed by atoms with Crippen LogP contribution in [0.3, 0.4) is 0 Å². The third-order valence-corrected chi connectivity index (χ3v) is 3.25. The van der Waals surface area contributed by atoms with Gasteiger partial charge in [-0.15, -0.1) is 0 Å². The van der Waals surface area contributed by atoms with Crippen molar-refractivity contribution in [2.45, 2.75) is 18.9 Å². The fraction of sp³-hybridized carbons (Fsp3) is 0.818. The van der Waals surface area contributed by atoms with Crippen molar-refractivity contribution in [2.24, 2.45) is 0 Å². The molecule has 2 rings (SSSR count). The molecule has 1 atom stereocenters. The highest BCUT2D eigenvalue weighted by molar-refractivity contribution is 5.81. The first-order valence-electron chi connectivity index (χ1n) is 6.01. The zero-order chi connectivity index (χ0) is 12.3. The zero-order valence-electron chi connectivity index (χ0n) is 9.80. The van der Waals surface area contributed by atoms with E-state index in [-0.39, 0.29) is 18.6 Å². The summed E-state index contributed by atoms with van der Waals surface area (Å²) in [5.41, 5.74) is 0. The molecule has 2 fully saturated rings. The minimum Gasteiger partial charge on any atom is -0.480 e. The van der Waals surface area contributed by atoms with Gasteiger partial charge < -0.3 is 14.7 Å². The fourth-order valence-electron chi connectivity index (χ4n) is 2.29. The summed E-state index contributed by atoms with van der Waals surface area (Å²) in [6.07, 6.45) is 1.50. The number of ether oxygens (including phenoxy) is 1. The zero-order valence-corrected chi connectivity index (χ0v) is 9.80. The molecule has 0 aromatic heterocycles. The van der Waals surface area contributed by atoms with Gasteiger partial charge in [-0.25, -0.2) is 0 Å². The summed E-state index contributed by atoms with van der Waals surface area (Å²) in [5, 5.41) is 8.67. The number of piperazine rings is 1. The first kappa shape index (κ1) is 12.3. The number of amides is 1. The van der Waals surface area contributed by atoms with Crippen LogP contribution in [0.2, 0.25) is 0 Å². The van der Waals surface area contributed by atoms with Crippen LogP contribution in [0, 0.1) is 0 Å². The Labute approximate surface area is 100 Å². The average molecular weight is 242 g/mol. The molecule has 2 aliphatic heterocycles. The maximum atomic E-state index is 12.0. The van der Waals surface area contributed by atoms with Crippen molar-refractivity contribution in [1.82, 2.24) is 9.80 Å². The molecule has 0 bridgehead atoms. The summed E-state index contributed by atoms with van der Waals surface area (Å²) in [4.78, 5) is 26.2. The topological polar surface area (TPSA) is 70.1 Å². The molecule has 0 aromatic rings. The number of carboxylic acid groups (broad SMARTS) is 1. The van der Waals surface area contributed by atoms with Crippen molar-refractivity contribution >= 4 is 11.9 Å². The lowest BCUT2D eigenvalue weighted by molar-refractivity contribution is -0.143. The van der Waals surface area contributed by atoms with Crippen molar-refractivity contribution in [3.8, 4) is 0 Å². The van der Waals surface area contributed by atoms with Crippen LogP contribution in [0.25, 0.3) is 0 Å². The van der Waals surface area contributed by atoms with Crippen molar-refractivity contribution in [3.05, 3.63) is 0 Å². The highest BCUT2D eigenvalue weighted by Crippen LogP contribution is 2.15. The van der Waals surface area contributed by atoms with E-state index in [1.807, 2.05) is 4.90 Å². The molecule has 0 saturated carbocycles. The minimum absolute atomic E-state index is 0.0575. The quantitative estimate of drug-likeness (QED) is 0.715. The summed E-state index contributed by atoms with van der Waals surface area (Å²) in [6.45, 7) is 3.20. The smallest absolute Gasteiger partial charge is 0.317 e. The van der Waals surface area contributed by atoms with E-state index >= 15 is 0 Å². The normalized spacial score (nSPS) is 26.1. The predicted octanol–water partition coefficient (Wildman–Crippen LogP) is -0.606. The number of carbonyl (C=O) groups excluding carboxylic acids is 1. The molecule has 0 spiro atoms. The van der Waals surface area contributed by atoms with E-state index in [2.05, 4.69) is 0 Å². The van der Waals surface area contributed by atoms with E-state index in [9.17, 15) is 9.59 Å². The molecule has 2 aliphatic rings. The lowest BCUT2D eigenvalue weighted by Crippen LogP contribution is -2.52. The molecule has 6 heteroatoms. The largest absolute Gasteiger partial charge is 0.480 e. The molecule has 17 heavy (non-hydrogen) atoms. The molecule has 1 unspecified atom stereocenters. The minimum atomic E-state index is -0.816. The highest BCUT2D eigenvalue weighted by atomic mass is 16.5. The van der Waals surface area contributed by atoms with E-state index in [4.69, 9.17) is 9.84 Å². The monoisotopic (exact) mass is 242 g/mol. The molecule has 2 saturated heterocycles. The fourth-order valence-corrected chi connectivity index (χ4v) is 2.29. The summed E-state index contributed by atoms with van der Waals surface area (Å²) in [6, 6.07) is 0. The van der Waals surface area contributed by atoms with Gasteiger partial charge in [0.05, 0.1) is 6.54 Å². The van der Waals surface area contributed by atoms with Crippen molar-refractivity contribution in [1.29, 1.82) is 0 Å². The molecule has 0 aliphatic carbocycles. The number of nitrogens with zero attached hydrogens (tertiary/aromatic N) is 2. The molecule has 1 N–H and O–H groups in total. The van der Waals surface area contributed by atoms with Crippen molar-refractivity contribution < 1.29 is 19.4 Å². The number of hydrogen-bond acceptors (Lipinski definition) is 4. The molecule has 0 aromatic carbocycles. The van der Waals surface area contributed by atoms with Gasteiger partial charge in [0.1, 0.15) is 6.10 Å². The number of carboxylic acids is 1. The van der Waals surface area contributed by atoms with Gasteiger partial charge in [0.25, 0.3) is 5.91 Å². The number of aliphatic carboxylic acids is 1. The van der Waals surface area contributed by atoms with Crippen LogP contribution < -0.4 is 0 Å². The van der Waals surface area contributed by atoms with Gasteiger partial charge in [0.15, 0.2) is 0 Å². The Balaban J connectivity index is 1.78. The van der Waals surface area contributed by atoms with Gasteiger partial charge in [-0.3, -0.25) is 14.5 Å². The summed E-state index contributed by atoms with van der Waals surface area (Å²) >= 11 is 0. The Morgan fingerprint density at radius 2 is 1.94 bits per heavy atom. The lowest BCUT2D eigenvalue weighted by atomic mass is 10.2. The van der Waals surface area contributed by atoms with Crippen LogP contribution >= 0.6 is 0 Å². The van der Waals surface area contributed by atoms with Crippen LogP contribution in [-0.2, 0) is 14.3 Å². The molecule has 96 valence electrons. The standard InChI is InChI=1S/C11H18N2O4/c14-10(15)8-12-3-5-13(6-4-12)11(16)9-2-1-7-17-9/h9H,1-8H2,(H,14,15). The first-order chi connectivity index (χ1) is 8.16. The maximum absolute atomic E-state index is 12.0. The van der Waals surface area contributed by atoms with Crippen molar-refractivity contribution in [2.75, 3.05) is 39.3 Å². The second kappa shape index (κ2) is 5.46. The molecule has 2 heterocycles. The molecule has 6 nitrogen and oxygen atoms in total. The van der Waals surface area contributed by atoms with Crippen molar-refractivity contribution in [3.63, 3.8) is 0 Å². The van der Waals surface area contributed by atoms with Gasteiger partial charge in [-0.1, -0.05) is 0 Å². The van der Waals surface area contributed by atoms with E-state index in [0.717, 1.165) is 12.8 Å². The van der Waals surface area contributed by atoms with Gasteiger partial charge in [0, 0.05) is 32.8 Å². The number of rotatable bonds is 3. The molecular weight excluding hydrogens is 224 g/mol. The first-order valence-corrected chi connectivity index (χ1v) is 6.01. The lowest BCUT2D eigenvalue weighted by Gasteiger charge is -2.34. The third kappa shape index (κ3) is 3.17. The van der Waals surface area contributed by atoms with Gasteiger partial charge in [-0.2, -0.15) is 0 Å². The Morgan fingerprint density at radius 3 is 2.47 bits per heavy atom. The third-order valence-electron chi connectivity index (χ3n) is 3.25. The second-order valence-electron chi connectivity index (χ2n) is 4.50. The van der Waals surface area contributed by atoms with E-state index in [1.165, 1.54) is 0 Å². The summed E-state index contributed by atoms with van der Waals surface area (Å²) < 4.78 is 5.36. The predicted molar refractivity (Wildman–Crippen MR) is 59.6 cm³/mol. The molecule has 0 radical (unpaired) electrons. The number of hydrogen-bond donors (Lipinski definition) is 1. The average Bonchev–Trinajstić information content (AvgIpc) is 2.82. The molecular formula is C11H18N2O4. The van der Waals surface area contributed by atoms with Crippen LogP contribution in [0.4, 0.5) is 0 Å². The van der Waals surface area contributed by atoms with Crippen LogP contribution in [0.15, 0.2) is 0 Å². The van der Waals surface area contributed by atoms with E-state index < -0.39 is 5.97 Å².